The zero-order valence-corrected chi connectivity index (χ0v) is 18.6. The molecule has 3 amide bonds. The molecule has 1 heterocycles. The topological polar surface area (TPSA) is 67.9 Å². The van der Waals surface area contributed by atoms with Gasteiger partial charge in [0.25, 0.3) is 5.91 Å². The number of benzene rings is 2. The average Bonchev–Trinajstić information content (AvgIpc) is 2.96. The monoisotopic (exact) mass is 506 g/mol. The third-order valence-corrected chi connectivity index (χ3v) is 5.04. The van der Waals surface area contributed by atoms with Gasteiger partial charge in [-0.1, -0.05) is 37.3 Å². The summed E-state index contributed by atoms with van der Waals surface area (Å²) in [4.78, 5) is 26.3. The maximum Gasteiger partial charge on any atom is 0.329 e. The number of nitrogens with one attached hydrogen (secondary N) is 1. The molecule has 2 aromatic carbocycles. The number of imide groups is 1. The smallest absolute Gasteiger partial charge is 0.329 e. The number of nitrogens with zero attached hydrogens (tertiary/aromatic N) is 1. The van der Waals surface area contributed by atoms with E-state index in [-0.39, 0.29) is 18.1 Å². The van der Waals surface area contributed by atoms with Crippen molar-refractivity contribution in [2.24, 2.45) is 0 Å². The van der Waals surface area contributed by atoms with E-state index in [2.05, 4.69) is 27.9 Å². The highest BCUT2D eigenvalue weighted by Gasteiger charge is 2.33. The third kappa shape index (κ3) is 5.09. The summed E-state index contributed by atoms with van der Waals surface area (Å²) in [6, 6.07) is 12.7. The van der Waals surface area contributed by atoms with Crippen molar-refractivity contribution in [1.82, 2.24) is 10.2 Å². The summed E-state index contributed by atoms with van der Waals surface area (Å²) in [5.41, 5.74) is 1.89. The van der Waals surface area contributed by atoms with Crippen LogP contribution in [0.15, 0.2) is 48.2 Å². The molecule has 7 heteroatoms. The van der Waals surface area contributed by atoms with E-state index >= 15 is 0 Å². The van der Waals surface area contributed by atoms with Crippen molar-refractivity contribution in [1.29, 1.82) is 0 Å². The van der Waals surface area contributed by atoms with Crippen LogP contribution in [-0.4, -0.2) is 30.1 Å². The summed E-state index contributed by atoms with van der Waals surface area (Å²) < 4.78 is 12.4. The molecule has 6 nitrogen and oxygen atoms in total. The standard InChI is InChI=1S/C22H23IN2O4/c1-3-10-29-20-17(23)11-16(13-19(20)28-4-2)12-18-21(26)25(22(27)24-18)14-15-8-6-5-7-9-15/h5-9,11-13H,3-4,10,14H2,1-2H3,(H,24,27)/b18-12-. The van der Waals surface area contributed by atoms with Gasteiger partial charge in [-0.2, -0.15) is 0 Å². The Morgan fingerprint density at radius 2 is 1.86 bits per heavy atom. The number of urea groups is 1. The minimum atomic E-state index is -0.423. The molecule has 3 rings (SSSR count). The second kappa shape index (κ2) is 9.78. The van der Waals surface area contributed by atoms with Crippen LogP contribution >= 0.6 is 22.6 Å². The van der Waals surface area contributed by atoms with Crippen molar-refractivity contribution in [2.45, 2.75) is 26.8 Å². The number of hydrogen-bond donors (Lipinski definition) is 1. The van der Waals surface area contributed by atoms with E-state index in [0.717, 1.165) is 21.1 Å². The second-order valence-corrected chi connectivity index (χ2v) is 7.64. The highest BCUT2D eigenvalue weighted by Crippen LogP contribution is 2.35. The van der Waals surface area contributed by atoms with Crippen LogP contribution in [0.5, 0.6) is 11.5 Å². The van der Waals surface area contributed by atoms with E-state index in [4.69, 9.17) is 9.47 Å². The number of carbonyl (C=O) groups is 2. The molecule has 0 aliphatic carbocycles. The van der Waals surface area contributed by atoms with Crippen LogP contribution < -0.4 is 14.8 Å². The van der Waals surface area contributed by atoms with Crippen molar-refractivity contribution in [3.63, 3.8) is 0 Å². The fourth-order valence-electron chi connectivity index (χ4n) is 2.93. The predicted octanol–water partition coefficient (Wildman–Crippen LogP) is 4.57. The number of halogens is 1. The Labute approximate surface area is 184 Å². The van der Waals surface area contributed by atoms with Crippen LogP contribution in [0.3, 0.4) is 0 Å². The molecule has 0 unspecified atom stereocenters. The van der Waals surface area contributed by atoms with Gasteiger partial charge in [0.1, 0.15) is 5.70 Å². The van der Waals surface area contributed by atoms with Gasteiger partial charge >= 0.3 is 6.03 Å². The number of ether oxygens (including phenoxy) is 2. The van der Waals surface area contributed by atoms with E-state index in [1.54, 1.807) is 6.08 Å². The molecule has 2 aromatic rings. The van der Waals surface area contributed by atoms with Crippen molar-refractivity contribution in [2.75, 3.05) is 13.2 Å². The minimum absolute atomic E-state index is 0.231. The highest BCUT2D eigenvalue weighted by atomic mass is 127. The molecule has 29 heavy (non-hydrogen) atoms. The molecule has 0 atom stereocenters. The van der Waals surface area contributed by atoms with Crippen molar-refractivity contribution in [3.05, 3.63) is 62.9 Å². The molecular weight excluding hydrogens is 483 g/mol. The molecule has 1 N–H and O–H groups in total. The molecule has 1 fully saturated rings. The Balaban J connectivity index is 1.85. The fraction of sp³-hybridized carbons (Fsp3) is 0.273. The van der Waals surface area contributed by atoms with Gasteiger partial charge in [0, 0.05) is 0 Å². The molecule has 152 valence electrons. The van der Waals surface area contributed by atoms with E-state index in [1.165, 1.54) is 4.90 Å². The van der Waals surface area contributed by atoms with Crippen LogP contribution in [0, 0.1) is 3.57 Å². The van der Waals surface area contributed by atoms with E-state index in [1.807, 2.05) is 56.3 Å². The van der Waals surface area contributed by atoms with Gasteiger partial charge in [0.2, 0.25) is 0 Å². The highest BCUT2D eigenvalue weighted by molar-refractivity contribution is 14.1. The average molecular weight is 506 g/mol. The molecule has 0 radical (unpaired) electrons. The Morgan fingerprint density at radius 1 is 1.10 bits per heavy atom. The molecule has 0 spiro atoms. The van der Waals surface area contributed by atoms with Crippen LogP contribution in [-0.2, 0) is 11.3 Å². The zero-order valence-electron chi connectivity index (χ0n) is 16.4. The van der Waals surface area contributed by atoms with Gasteiger partial charge in [-0.15, -0.1) is 0 Å². The van der Waals surface area contributed by atoms with E-state index in [0.29, 0.717) is 24.7 Å². The van der Waals surface area contributed by atoms with E-state index in [9.17, 15) is 9.59 Å². The molecule has 1 saturated heterocycles. The normalized spacial score (nSPS) is 15.0. The first kappa shape index (κ1) is 21.2. The van der Waals surface area contributed by atoms with Crippen LogP contribution in [0.25, 0.3) is 6.08 Å². The fourth-order valence-corrected chi connectivity index (χ4v) is 3.71. The summed E-state index contributed by atoms with van der Waals surface area (Å²) in [6.07, 6.45) is 2.56. The molecular formula is C22H23IN2O4. The summed E-state index contributed by atoms with van der Waals surface area (Å²) in [7, 11) is 0. The number of carbonyl (C=O) groups excluding carboxylic acids is 2. The first-order valence-electron chi connectivity index (χ1n) is 9.51. The minimum Gasteiger partial charge on any atom is -0.490 e. The second-order valence-electron chi connectivity index (χ2n) is 6.48. The molecule has 0 saturated carbocycles. The van der Waals surface area contributed by atoms with E-state index < -0.39 is 6.03 Å². The SMILES string of the molecule is CCCOc1c(I)cc(/C=C2\NC(=O)N(Cc3ccccc3)C2=O)cc1OCC. The Morgan fingerprint density at radius 3 is 2.55 bits per heavy atom. The lowest BCUT2D eigenvalue weighted by molar-refractivity contribution is -0.123. The third-order valence-electron chi connectivity index (χ3n) is 4.24. The Hall–Kier alpha value is -2.55. The quantitative estimate of drug-likeness (QED) is 0.324. The maximum atomic E-state index is 12.7. The zero-order chi connectivity index (χ0) is 20.8. The summed E-state index contributed by atoms with van der Waals surface area (Å²) in [5, 5.41) is 2.67. The van der Waals surface area contributed by atoms with Crippen LogP contribution in [0.4, 0.5) is 4.79 Å². The maximum absolute atomic E-state index is 12.7. The summed E-state index contributed by atoms with van der Waals surface area (Å²) in [5.74, 6) is 0.972. The van der Waals surface area contributed by atoms with Gasteiger partial charge in [-0.3, -0.25) is 9.69 Å². The number of rotatable bonds is 8. The van der Waals surface area contributed by atoms with Gasteiger partial charge in [-0.05, 0) is 65.3 Å². The van der Waals surface area contributed by atoms with Crippen molar-refractivity contribution >= 4 is 40.6 Å². The lowest BCUT2D eigenvalue weighted by Crippen LogP contribution is -2.30. The van der Waals surface area contributed by atoms with Crippen molar-refractivity contribution < 1.29 is 19.1 Å². The first-order valence-corrected chi connectivity index (χ1v) is 10.6. The van der Waals surface area contributed by atoms with Gasteiger partial charge in [0.05, 0.1) is 23.3 Å². The van der Waals surface area contributed by atoms with Gasteiger partial charge in [-0.25, -0.2) is 4.79 Å². The summed E-state index contributed by atoms with van der Waals surface area (Å²) in [6.45, 7) is 5.28. The largest absolute Gasteiger partial charge is 0.490 e. The van der Waals surface area contributed by atoms with Crippen molar-refractivity contribution in [3.8, 4) is 11.5 Å². The van der Waals surface area contributed by atoms with Gasteiger partial charge in [0.15, 0.2) is 11.5 Å². The lowest BCUT2D eigenvalue weighted by atomic mass is 10.1. The Kier molecular flexibility index (Phi) is 7.13. The van der Waals surface area contributed by atoms with Gasteiger partial charge < -0.3 is 14.8 Å². The molecule has 0 bridgehead atoms. The molecule has 0 aromatic heterocycles. The predicted molar refractivity (Wildman–Crippen MR) is 120 cm³/mol. The lowest BCUT2D eigenvalue weighted by Gasteiger charge is -2.14. The number of amides is 3. The molecule has 1 aliphatic rings. The summed E-state index contributed by atoms with van der Waals surface area (Å²) >= 11 is 2.19. The number of hydrogen-bond acceptors (Lipinski definition) is 4. The van der Waals surface area contributed by atoms with Crippen LogP contribution in [0.2, 0.25) is 0 Å². The first-order chi connectivity index (χ1) is 14.0. The molecule has 1 aliphatic heterocycles. The van der Waals surface area contributed by atoms with Crippen LogP contribution in [0.1, 0.15) is 31.4 Å². The Bertz CT molecular complexity index is 928.